The van der Waals surface area contributed by atoms with Gasteiger partial charge in [-0.3, -0.25) is 0 Å². The van der Waals surface area contributed by atoms with Crippen LogP contribution in [0.3, 0.4) is 0 Å². The fourth-order valence-corrected chi connectivity index (χ4v) is 10.2. The van der Waals surface area contributed by atoms with Gasteiger partial charge in [0.15, 0.2) is 13.5 Å². The van der Waals surface area contributed by atoms with Crippen molar-refractivity contribution in [1.29, 1.82) is 0 Å². The second-order valence-electron chi connectivity index (χ2n) is 20.5. The molecule has 0 bridgehead atoms. The van der Waals surface area contributed by atoms with E-state index in [1.807, 2.05) is 48.5 Å². The molecule has 0 radical (unpaired) electrons. The zero-order valence-electron chi connectivity index (χ0n) is 43.5. The minimum atomic E-state index is 0.538. The Balaban J connectivity index is 0.769. The number of ether oxygens (including phenoxy) is 4. The lowest BCUT2D eigenvalue weighted by atomic mass is 10.0. The third-order valence-electron chi connectivity index (χ3n) is 14.6. The van der Waals surface area contributed by atoms with E-state index in [1.165, 1.54) is 189 Å². The molecule has 0 amide bonds. The van der Waals surface area contributed by atoms with Gasteiger partial charge in [-0.15, -0.1) is 0 Å². The minimum absolute atomic E-state index is 0.538. The zero-order valence-corrected chi connectivity index (χ0v) is 43.5. The maximum Gasteiger partial charge on any atom is 0.161 e. The van der Waals surface area contributed by atoms with Gasteiger partial charge in [0.1, 0.15) is 34.5 Å². The average Bonchev–Trinajstić information content (AvgIpc) is 3.39. The fourth-order valence-electron chi connectivity index (χ4n) is 10.2. The summed E-state index contributed by atoms with van der Waals surface area (Å²) in [6.07, 6.45) is 38.4. The van der Waals surface area contributed by atoms with Crippen LogP contribution in [-0.4, -0.2) is 13.5 Å². The number of rotatable bonds is 34. The van der Waals surface area contributed by atoms with Crippen LogP contribution in [-0.2, 0) is 25.9 Å². The van der Waals surface area contributed by atoms with Crippen molar-refractivity contribution in [2.75, 3.05) is 23.3 Å². The van der Waals surface area contributed by atoms with Gasteiger partial charge in [-0.05, 0) is 110 Å². The summed E-state index contributed by atoms with van der Waals surface area (Å²) in [6, 6.07) is 38.0. The smallest absolute Gasteiger partial charge is 0.161 e. The van der Waals surface area contributed by atoms with Crippen molar-refractivity contribution in [2.45, 2.75) is 207 Å². The highest BCUT2D eigenvalue weighted by atomic mass is 16.5. The Hall–Kier alpha value is -5.10. The van der Waals surface area contributed by atoms with E-state index in [0.29, 0.717) is 13.5 Å². The van der Waals surface area contributed by atoms with Crippen molar-refractivity contribution < 1.29 is 18.9 Å². The summed E-state index contributed by atoms with van der Waals surface area (Å²) >= 11 is 0. The molecule has 2 heterocycles. The second-order valence-corrected chi connectivity index (χ2v) is 20.5. The summed E-state index contributed by atoms with van der Waals surface area (Å²) in [7, 11) is 0. The SMILES string of the molecule is CCCCCCCCCCCCCCCc1ccc2c(c1)OCN(c1ccc(Oc3cccc(Oc4ccc(N5COc6cc(CCCCCCCCCCCCCCC)ccc6C5)cc4)c3)cc1)C2. The number of unbranched alkanes of at least 4 members (excludes halogenated alkanes) is 24. The lowest BCUT2D eigenvalue weighted by Gasteiger charge is -2.31. The van der Waals surface area contributed by atoms with E-state index in [9.17, 15) is 0 Å². The molecule has 7 rings (SSSR count). The van der Waals surface area contributed by atoms with Crippen molar-refractivity contribution in [3.8, 4) is 34.5 Å². The van der Waals surface area contributed by atoms with Crippen molar-refractivity contribution in [3.63, 3.8) is 0 Å². The van der Waals surface area contributed by atoms with E-state index in [1.54, 1.807) is 0 Å². The number of anilines is 2. The van der Waals surface area contributed by atoms with Crippen molar-refractivity contribution in [2.24, 2.45) is 0 Å². The molecule has 6 nitrogen and oxygen atoms in total. The highest BCUT2D eigenvalue weighted by Crippen LogP contribution is 2.35. The highest BCUT2D eigenvalue weighted by Gasteiger charge is 2.20. The van der Waals surface area contributed by atoms with Crippen LogP contribution in [0.5, 0.6) is 34.5 Å². The molecule has 5 aromatic rings. The lowest BCUT2D eigenvalue weighted by Crippen LogP contribution is -2.31. The second kappa shape index (κ2) is 30.6. The summed E-state index contributed by atoms with van der Waals surface area (Å²) in [4.78, 5) is 4.54. The monoisotopic (exact) mass is 949 g/mol. The molecule has 70 heavy (non-hydrogen) atoms. The molecule has 0 aromatic heterocycles. The van der Waals surface area contributed by atoms with Crippen molar-refractivity contribution in [1.82, 2.24) is 0 Å². The van der Waals surface area contributed by atoms with Crippen LogP contribution in [0.15, 0.2) is 109 Å². The highest BCUT2D eigenvalue weighted by molar-refractivity contribution is 5.54. The van der Waals surface area contributed by atoms with Gasteiger partial charge in [-0.25, -0.2) is 0 Å². The molecule has 2 aliphatic heterocycles. The molecule has 0 aliphatic carbocycles. The Labute approximate surface area is 424 Å². The summed E-state index contributed by atoms with van der Waals surface area (Å²) in [5.74, 6) is 5.07. The van der Waals surface area contributed by atoms with E-state index >= 15 is 0 Å². The van der Waals surface area contributed by atoms with E-state index in [4.69, 9.17) is 18.9 Å². The summed E-state index contributed by atoms with van der Waals surface area (Å²) in [5, 5.41) is 0. The molecule has 2 aliphatic rings. The van der Waals surface area contributed by atoms with Gasteiger partial charge >= 0.3 is 0 Å². The number of aryl methyl sites for hydroxylation is 2. The van der Waals surface area contributed by atoms with Crippen LogP contribution in [0.2, 0.25) is 0 Å². The van der Waals surface area contributed by atoms with Gasteiger partial charge in [0.25, 0.3) is 0 Å². The van der Waals surface area contributed by atoms with Gasteiger partial charge < -0.3 is 28.7 Å². The van der Waals surface area contributed by atoms with Gasteiger partial charge in [0.05, 0.1) is 0 Å². The number of hydrogen-bond acceptors (Lipinski definition) is 6. The number of hydrogen-bond donors (Lipinski definition) is 0. The van der Waals surface area contributed by atoms with Crippen molar-refractivity contribution >= 4 is 11.4 Å². The molecular formula is C64H88N2O4. The molecule has 5 aromatic carbocycles. The van der Waals surface area contributed by atoms with Gasteiger partial charge in [0.2, 0.25) is 0 Å². The third kappa shape index (κ3) is 18.3. The number of benzene rings is 5. The quantitative estimate of drug-likeness (QED) is 0.0383. The minimum Gasteiger partial charge on any atom is -0.473 e. The van der Waals surface area contributed by atoms with Gasteiger partial charge in [-0.2, -0.15) is 0 Å². The molecule has 0 saturated heterocycles. The Kier molecular flexibility index (Phi) is 23.0. The summed E-state index contributed by atoms with van der Waals surface area (Å²) < 4.78 is 25.2. The van der Waals surface area contributed by atoms with Crippen LogP contribution in [0.4, 0.5) is 11.4 Å². The average molecular weight is 949 g/mol. The van der Waals surface area contributed by atoms with E-state index in [0.717, 1.165) is 71.8 Å². The molecular weight excluding hydrogens is 861 g/mol. The van der Waals surface area contributed by atoms with E-state index in [2.05, 4.69) is 84.3 Å². The lowest BCUT2D eigenvalue weighted by molar-refractivity contribution is 0.289. The number of fused-ring (bicyclic) bond motifs is 2. The Bertz CT molecular complexity index is 2050. The Morgan fingerprint density at radius 2 is 0.700 bits per heavy atom. The Morgan fingerprint density at radius 1 is 0.357 bits per heavy atom. The first-order valence-corrected chi connectivity index (χ1v) is 28.3. The molecule has 0 N–H and O–H groups in total. The summed E-state index contributed by atoms with van der Waals surface area (Å²) in [6.45, 7) is 7.32. The van der Waals surface area contributed by atoms with Crippen LogP contribution >= 0.6 is 0 Å². The predicted octanol–water partition coefficient (Wildman–Crippen LogP) is 19.3. The van der Waals surface area contributed by atoms with Gasteiger partial charge in [-0.1, -0.05) is 198 Å². The predicted molar refractivity (Wildman–Crippen MR) is 295 cm³/mol. The standard InChI is InChI=1S/C64H88N2O4/c1-3-5-7-9-11-13-15-17-19-21-23-25-27-30-53-34-36-55-49-65(51-67-63(55)46-53)57-38-42-59(43-39-57)69-61-32-29-33-62(48-61)70-60-44-40-58(41-45-60)66-50-56-37-35-54(47-64(56)68-52-66)31-28-26-24-22-20-18-16-14-12-10-8-6-4-2/h29,32-48H,3-28,30-31,49-52H2,1-2H3. The zero-order chi connectivity index (χ0) is 48.3. The molecule has 0 saturated carbocycles. The normalized spacial score (nSPS) is 13.1. The molecule has 0 unspecified atom stereocenters. The maximum absolute atomic E-state index is 6.30. The van der Waals surface area contributed by atoms with Crippen molar-refractivity contribution in [3.05, 3.63) is 131 Å². The molecule has 0 atom stereocenters. The molecule has 378 valence electrons. The largest absolute Gasteiger partial charge is 0.473 e. The molecule has 6 heteroatoms. The first kappa shape index (κ1) is 52.7. The fraction of sp³-hybridized carbons (Fsp3) is 0.531. The number of nitrogens with zero attached hydrogens (tertiary/aromatic N) is 2. The van der Waals surface area contributed by atoms with Crippen LogP contribution in [0.25, 0.3) is 0 Å². The third-order valence-corrected chi connectivity index (χ3v) is 14.6. The summed E-state index contributed by atoms with van der Waals surface area (Å²) in [5.41, 5.74) is 7.48. The van der Waals surface area contributed by atoms with Crippen LogP contribution in [0.1, 0.15) is 203 Å². The van der Waals surface area contributed by atoms with E-state index < -0.39 is 0 Å². The van der Waals surface area contributed by atoms with E-state index in [-0.39, 0.29) is 0 Å². The topological polar surface area (TPSA) is 43.4 Å². The first-order chi connectivity index (χ1) is 34.6. The van der Waals surface area contributed by atoms with Crippen LogP contribution < -0.4 is 28.7 Å². The van der Waals surface area contributed by atoms with Crippen LogP contribution in [0, 0.1) is 0 Å². The first-order valence-electron chi connectivity index (χ1n) is 28.3. The molecule has 0 spiro atoms. The maximum atomic E-state index is 6.30. The Morgan fingerprint density at radius 3 is 1.06 bits per heavy atom. The van der Waals surface area contributed by atoms with Gasteiger partial charge in [0, 0.05) is 41.7 Å². The molecule has 0 fully saturated rings.